The predicted molar refractivity (Wildman–Crippen MR) is 129 cm³/mol. The van der Waals surface area contributed by atoms with Crippen LogP contribution in [0.2, 0.25) is 0 Å². The Balaban J connectivity index is 1.41. The van der Waals surface area contributed by atoms with Gasteiger partial charge in [-0.05, 0) is 54.8 Å². The molecule has 6 nitrogen and oxygen atoms in total. The molecule has 1 N–H and O–H groups in total. The van der Waals surface area contributed by atoms with Gasteiger partial charge in [0.15, 0.2) is 6.10 Å². The zero-order valence-electron chi connectivity index (χ0n) is 20.7. The van der Waals surface area contributed by atoms with E-state index >= 15 is 0 Å². The third-order valence-corrected chi connectivity index (χ3v) is 6.21. The molecular formula is C27H25F6NO5. The third kappa shape index (κ3) is 7.25. The molecule has 39 heavy (non-hydrogen) atoms. The molecule has 0 aromatic heterocycles. The number of nitrogens with zero attached hydrogens (tertiary/aromatic N) is 1. The second kappa shape index (κ2) is 11.2. The summed E-state index contributed by atoms with van der Waals surface area (Å²) in [7, 11) is 0. The number of hydrogen-bond acceptors (Lipinski definition) is 5. The fourth-order valence-electron chi connectivity index (χ4n) is 4.17. The van der Waals surface area contributed by atoms with Crippen molar-refractivity contribution in [2.45, 2.75) is 38.4 Å². The fraction of sp³-hybridized carbons (Fsp3) is 0.370. The van der Waals surface area contributed by atoms with Crippen molar-refractivity contribution in [2.75, 3.05) is 26.2 Å². The molecule has 210 valence electrons. The zero-order valence-corrected chi connectivity index (χ0v) is 20.7. The molecule has 0 saturated heterocycles. The fourth-order valence-corrected chi connectivity index (χ4v) is 4.17. The molecule has 2 aromatic rings. The maximum absolute atomic E-state index is 13.5. The van der Waals surface area contributed by atoms with Gasteiger partial charge >= 0.3 is 18.3 Å². The smallest absolute Gasteiger partial charge is 0.425 e. The summed E-state index contributed by atoms with van der Waals surface area (Å²) in [5.74, 6) is -0.999. The number of carboxylic acids is 1. The van der Waals surface area contributed by atoms with Gasteiger partial charge < -0.3 is 19.3 Å². The van der Waals surface area contributed by atoms with Gasteiger partial charge in [-0.3, -0.25) is 4.90 Å². The van der Waals surface area contributed by atoms with Crippen LogP contribution in [0.5, 0.6) is 17.2 Å². The number of aliphatic carboxylic acids is 1. The lowest BCUT2D eigenvalue weighted by molar-refractivity contribution is -0.191. The molecular weight excluding hydrogens is 532 g/mol. The number of ether oxygens (including phenoxy) is 3. The predicted octanol–water partition coefficient (Wildman–Crippen LogP) is 6.11. The maximum atomic E-state index is 13.5. The molecule has 0 radical (unpaired) electrons. The van der Waals surface area contributed by atoms with E-state index in [0.29, 0.717) is 49.6 Å². The molecule has 0 saturated carbocycles. The second-order valence-electron chi connectivity index (χ2n) is 9.24. The first-order chi connectivity index (χ1) is 18.3. The molecule has 2 heterocycles. The number of halogens is 6. The Morgan fingerprint density at radius 3 is 2.59 bits per heavy atom. The van der Waals surface area contributed by atoms with Crippen LogP contribution in [0.25, 0.3) is 6.08 Å². The lowest BCUT2D eigenvalue weighted by Crippen LogP contribution is -2.34. The van der Waals surface area contributed by atoms with Crippen molar-refractivity contribution in [3.05, 3.63) is 70.3 Å². The Morgan fingerprint density at radius 1 is 1.13 bits per heavy atom. The van der Waals surface area contributed by atoms with Crippen molar-refractivity contribution < 1.29 is 50.5 Å². The molecule has 2 aliphatic heterocycles. The van der Waals surface area contributed by atoms with Gasteiger partial charge in [0.1, 0.15) is 30.5 Å². The van der Waals surface area contributed by atoms with E-state index in [1.165, 1.54) is 6.07 Å². The molecule has 4 rings (SSSR count). The van der Waals surface area contributed by atoms with E-state index in [1.54, 1.807) is 24.3 Å². The standard InChI is InChI=1S/C27H25F6NO5/c1-16(26(28,29)30)39-23-7-4-17(10-22(23)27(31,32)33)14-37-21-6-5-19-9-18(15-38-24(19)11-21)12-34-8-2-3-20(13-34)25(35)36/h3-7,9-11,16H,2,8,12-15H2,1H3,(H,35,36)/t16-/m0/s1. The highest BCUT2D eigenvalue weighted by atomic mass is 19.4. The van der Waals surface area contributed by atoms with E-state index in [2.05, 4.69) is 4.74 Å². The first-order valence-corrected chi connectivity index (χ1v) is 12.0. The van der Waals surface area contributed by atoms with Crippen LogP contribution < -0.4 is 14.2 Å². The highest BCUT2D eigenvalue weighted by Crippen LogP contribution is 2.39. The minimum atomic E-state index is -4.93. The van der Waals surface area contributed by atoms with E-state index < -0.39 is 35.7 Å². The third-order valence-electron chi connectivity index (χ3n) is 6.21. The van der Waals surface area contributed by atoms with E-state index in [1.807, 2.05) is 11.0 Å². The summed E-state index contributed by atoms with van der Waals surface area (Å²) in [4.78, 5) is 13.3. The van der Waals surface area contributed by atoms with Gasteiger partial charge in [0.05, 0.1) is 5.56 Å². The van der Waals surface area contributed by atoms with Crippen molar-refractivity contribution in [3.63, 3.8) is 0 Å². The molecule has 2 aromatic carbocycles. The highest BCUT2D eigenvalue weighted by molar-refractivity contribution is 5.87. The molecule has 1 atom stereocenters. The Bertz CT molecular complexity index is 1280. The Hall–Kier alpha value is -3.67. The highest BCUT2D eigenvalue weighted by Gasteiger charge is 2.41. The lowest BCUT2D eigenvalue weighted by Gasteiger charge is -2.28. The molecule has 0 aliphatic carbocycles. The van der Waals surface area contributed by atoms with Crippen molar-refractivity contribution in [1.82, 2.24) is 4.90 Å². The minimum absolute atomic E-state index is 0.0893. The van der Waals surface area contributed by atoms with E-state index in [4.69, 9.17) is 9.47 Å². The number of alkyl halides is 6. The van der Waals surface area contributed by atoms with E-state index in [0.717, 1.165) is 23.7 Å². The van der Waals surface area contributed by atoms with Gasteiger partial charge in [-0.25, -0.2) is 4.79 Å². The van der Waals surface area contributed by atoms with E-state index in [9.17, 15) is 36.2 Å². The summed E-state index contributed by atoms with van der Waals surface area (Å²) in [6.45, 7) is 2.27. The largest absolute Gasteiger partial charge is 0.489 e. The Kier molecular flexibility index (Phi) is 8.15. The monoisotopic (exact) mass is 557 g/mol. The lowest BCUT2D eigenvalue weighted by atomic mass is 10.0. The van der Waals surface area contributed by atoms with Gasteiger partial charge in [-0.1, -0.05) is 12.1 Å². The number of benzene rings is 2. The summed E-state index contributed by atoms with van der Waals surface area (Å²) < 4.78 is 94.8. The molecule has 0 fully saturated rings. The number of rotatable bonds is 8. The summed E-state index contributed by atoms with van der Waals surface area (Å²) in [6, 6.07) is 7.72. The zero-order chi connectivity index (χ0) is 28.4. The normalized spacial score (nSPS) is 16.9. The Morgan fingerprint density at radius 2 is 1.90 bits per heavy atom. The molecule has 2 aliphatic rings. The summed E-state index contributed by atoms with van der Waals surface area (Å²) in [6.07, 6.45) is -7.84. The van der Waals surface area contributed by atoms with E-state index in [-0.39, 0.29) is 18.8 Å². The topological polar surface area (TPSA) is 68.2 Å². The minimum Gasteiger partial charge on any atom is -0.489 e. The maximum Gasteiger partial charge on any atom is 0.425 e. The molecule has 0 spiro atoms. The van der Waals surface area contributed by atoms with Gasteiger partial charge in [0.2, 0.25) is 0 Å². The SMILES string of the molecule is C[C@H](Oc1ccc(COc2ccc3c(c2)OCC(CN2CCC=C(C(=O)O)C2)=C3)cc1C(F)(F)F)C(F)(F)F. The van der Waals surface area contributed by atoms with Crippen molar-refractivity contribution in [3.8, 4) is 17.2 Å². The second-order valence-corrected chi connectivity index (χ2v) is 9.24. The van der Waals surface area contributed by atoms with Crippen LogP contribution in [0.15, 0.2) is 53.6 Å². The van der Waals surface area contributed by atoms with Crippen LogP contribution in [0.4, 0.5) is 26.3 Å². The summed E-state index contributed by atoms with van der Waals surface area (Å²) in [5, 5.41) is 9.21. The van der Waals surface area contributed by atoms with Crippen LogP contribution in [-0.4, -0.2) is 54.5 Å². The van der Waals surface area contributed by atoms with Gasteiger partial charge in [-0.15, -0.1) is 0 Å². The summed E-state index contributed by atoms with van der Waals surface area (Å²) in [5.41, 5.74) is 0.859. The molecule has 0 bridgehead atoms. The van der Waals surface area contributed by atoms with Crippen molar-refractivity contribution in [2.24, 2.45) is 0 Å². The van der Waals surface area contributed by atoms with Crippen molar-refractivity contribution in [1.29, 1.82) is 0 Å². The number of carbonyl (C=O) groups is 1. The molecule has 12 heteroatoms. The van der Waals surface area contributed by atoms with Gasteiger partial charge in [0.25, 0.3) is 0 Å². The molecule has 0 unspecified atom stereocenters. The van der Waals surface area contributed by atoms with Crippen LogP contribution in [0.3, 0.4) is 0 Å². The Labute approximate surface area is 220 Å². The first-order valence-electron chi connectivity index (χ1n) is 12.0. The molecule has 0 amide bonds. The summed E-state index contributed by atoms with van der Waals surface area (Å²) >= 11 is 0. The van der Waals surface area contributed by atoms with Crippen LogP contribution in [0.1, 0.15) is 30.0 Å². The quantitative estimate of drug-likeness (QED) is 0.396. The van der Waals surface area contributed by atoms with Crippen LogP contribution in [-0.2, 0) is 17.6 Å². The number of fused-ring (bicyclic) bond motifs is 1. The van der Waals surface area contributed by atoms with Gasteiger partial charge in [-0.2, -0.15) is 26.3 Å². The van der Waals surface area contributed by atoms with Crippen LogP contribution in [0, 0.1) is 0 Å². The number of hydrogen-bond donors (Lipinski definition) is 1. The average Bonchev–Trinajstić information content (AvgIpc) is 2.87. The van der Waals surface area contributed by atoms with Gasteiger partial charge in [0, 0.05) is 36.8 Å². The van der Waals surface area contributed by atoms with Crippen molar-refractivity contribution >= 4 is 12.0 Å². The number of carboxylic acid groups (broad SMARTS) is 1. The van der Waals surface area contributed by atoms with Crippen LogP contribution >= 0.6 is 0 Å². The average molecular weight is 557 g/mol. The first kappa shape index (κ1) is 28.3.